The van der Waals surface area contributed by atoms with Crippen LogP contribution in [-0.4, -0.2) is 50.2 Å². The monoisotopic (exact) mass is 423 g/mol. The maximum Gasteiger partial charge on any atom is 0.409 e. The molecule has 1 aliphatic heterocycles. The largest absolute Gasteiger partial charge is 0.493 e. The van der Waals surface area contributed by atoms with Crippen LogP contribution in [0.15, 0.2) is 48.5 Å². The fraction of sp³-hybridized carbons (Fsp3) is 0.440. The molecule has 1 amide bonds. The Morgan fingerprint density at radius 2 is 1.68 bits per heavy atom. The summed E-state index contributed by atoms with van der Waals surface area (Å²) >= 11 is 0. The van der Waals surface area contributed by atoms with E-state index in [4.69, 9.17) is 14.2 Å². The maximum absolute atomic E-state index is 13.3. The average Bonchev–Trinajstić information content (AvgIpc) is 3.49. The van der Waals surface area contributed by atoms with E-state index >= 15 is 0 Å². The Morgan fingerprint density at radius 1 is 0.935 bits per heavy atom. The number of amides is 1. The van der Waals surface area contributed by atoms with Crippen LogP contribution in [0.25, 0.3) is 0 Å². The first kappa shape index (κ1) is 21.2. The summed E-state index contributed by atoms with van der Waals surface area (Å²) in [7, 11) is 3.00. The van der Waals surface area contributed by atoms with E-state index in [1.807, 2.05) is 48.5 Å². The van der Waals surface area contributed by atoms with Crippen molar-refractivity contribution in [1.82, 2.24) is 4.90 Å². The number of likely N-dealkylation sites (tertiary alicyclic amines) is 1. The van der Waals surface area contributed by atoms with Crippen molar-refractivity contribution in [3.63, 3.8) is 0 Å². The zero-order chi connectivity index (χ0) is 21.8. The molecule has 0 N–H and O–H groups in total. The topological polar surface area (TPSA) is 65.1 Å². The lowest BCUT2D eigenvalue weighted by Crippen LogP contribution is -2.29. The van der Waals surface area contributed by atoms with Gasteiger partial charge in [-0.3, -0.25) is 4.79 Å². The second-order valence-corrected chi connectivity index (χ2v) is 8.25. The quantitative estimate of drug-likeness (QED) is 0.631. The number of hydrogen-bond donors (Lipinski definition) is 0. The van der Waals surface area contributed by atoms with Crippen molar-refractivity contribution in [3.8, 4) is 11.5 Å². The Bertz CT molecular complexity index is 923. The highest BCUT2D eigenvalue weighted by molar-refractivity contribution is 5.99. The number of ketones is 1. The van der Waals surface area contributed by atoms with E-state index < -0.39 is 6.09 Å². The molecule has 2 aromatic carbocycles. The van der Waals surface area contributed by atoms with Gasteiger partial charge < -0.3 is 19.1 Å². The SMILES string of the molecule is COC(=O)N1C[C@@H](C(=O)c2ccccc2)[C@H](c2ccc(OC)c(OC3CCCC3)c2)C1. The first-order valence-electron chi connectivity index (χ1n) is 10.9. The number of nitrogens with zero attached hydrogens (tertiary/aromatic N) is 1. The van der Waals surface area contributed by atoms with Crippen LogP contribution >= 0.6 is 0 Å². The lowest BCUT2D eigenvalue weighted by molar-refractivity contribution is 0.0911. The van der Waals surface area contributed by atoms with Gasteiger partial charge in [-0.2, -0.15) is 0 Å². The lowest BCUT2D eigenvalue weighted by Gasteiger charge is -2.21. The third kappa shape index (κ3) is 4.53. The second kappa shape index (κ2) is 9.41. The van der Waals surface area contributed by atoms with Crippen molar-refractivity contribution in [3.05, 3.63) is 59.7 Å². The minimum absolute atomic E-state index is 0.0334. The zero-order valence-corrected chi connectivity index (χ0v) is 18.1. The van der Waals surface area contributed by atoms with Crippen LogP contribution in [0.5, 0.6) is 11.5 Å². The zero-order valence-electron chi connectivity index (χ0n) is 18.1. The normalized spacial score (nSPS) is 21.2. The van der Waals surface area contributed by atoms with Crippen molar-refractivity contribution >= 4 is 11.9 Å². The van der Waals surface area contributed by atoms with Crippen LogP contribution in [0.2, 0.25) is 0 Å². The van der Waals surface area contributed by atoms with Gasteiger partial charge in [-0.1, -0.05) is 36.4 Å². The van der Waals surface area contributed by atoms with Gasteiger partial charge in [0.15, 0.2) is 17.3 Å². The van der Waals surface area contributed by atoms with Crippen molar-refractivity contribution in [2.45, 2.75) is 37.7 Å². The van der Waals surface area contributed by atoms with Crippen molar-refractivity contribution in [2.24, 2.45) is 5.92 Å². The number of methoxy groups -OCH3 is 2. The molecular weight excluding hydrogens is 394 g/mol. The summed E-state index contributed by atoms with van der Waals surface area (Å²) < 4.78 is 16.7. The van der Waals surface area contributed by atoms with Crippen LogP contribution in [0.3, 0.4) is 0 Å². The molecular formula is C25H29NO5. The van der Waals surface area contributed by atoms with E-state index in [1.165, 1.54) is 20.0 Å². The summed E-state index contributed by atoms with van der Waals surface area (Å²) in [6.07, 6.45) is 4.23. The number of carbonyl (C=O) groups is 2. The third-order valence-electron chi connectivity index (χ3n) is 6.36. The van der Waals surface area contributed by atoms with E-state index in [9.17, 15) is 9.59 Å². The molecule has 0 bridgehead atoms. The summed E-state index contributed by atoms with van der Waals surface area (Å²) in [6.45, 7) is 0.751. The summed E-state index contributed by atoms with van der Waals surface area (Å²) in [5, 5.41) is 0. The van der Waals surface area contributed by atoms with Gasteiger partial charge in [0.05, 0.1) is 20.3 Å². The van der Waals surface area contributed by atoms with Gasteiger partial charge >= 0.3 is 6.09 Å². The maximum atomic E-state index is 13.3. The highest BCUT2D eigenvalue weighted by Gasteiger charge is 2.41. The molecule has 0 unspecified atom stereocenters. The van der Waals surface area contributed by atoms with Crippen LogP contribution in [-0.2, 0) is 4.74 Å². The third-order valence-corrected chi connectivity index (χ3v) is 6.36. The summed E-state index contributed by atoms with van der Waals surface area (Å²) in [5.74, 6) is 0.919. The molecule has 1 heterocycles. The molecule has 2 atom stereocenters. The van der Waals surface area contributed by atoms with E-state index in [1.54, 1.807) is 12.0 Å². The molecule has 1 aliphatic carbocycles. The van der Waals surface area contributed by atoms with Gasteiger partial charge in [-0.05, 0) is 43.4 Å². The van der Waals surface area contributed by atoms with Gasteiger partial charge in [0, 0.05) is 30.5 Å². The van der Waals surface area contributed by atoms with E-state index in [0.29, 0.717) is 30.2 Å². The number of Topliss-reactive ketones (excluding diaryl/α,β-unsaturated/α-hetero) is 1. The van der Waals surface area contributed by atoms with Crippen molar-refractivity contribution in [1.29, 1.82) is 0 Å². The lowest BCUT2D eigenvalue weighted by atomic mass is 9.83. The Labute approximate surface area is 183 Å². The van der Waals surface area contributed by atoms with Gasteiger partial charge in [0.1, 0.15) is 0 Å². The molecule has 2 aromatic rings. The van der Waals surface area contributed by atoms with Crippen LogP contribution < -0.4 is 9.47 Å². The van der Waals surface area contributed by atoms with Crippen LogP contribution in [0.1, 0.15) is 47.5 Å². The molecule has 4 rings (SSSR count). The molecule has 2 fully saturated rings. The predicted octanol–water partition coefficient (Wildman–Crippen LogP) is 4.68. The summed E-state index contributed by atoms with van der Waals surface area (Å²) in [5.41, 5.74) is 1.62. The molecule has 2 aliphatic rings. The first-order chi connectivity index (χ1) is 15.1. The molecule has 0 radical (unpaired) electrons. The van der Waals surface area contributed by atoms with E-state index in [-0.39, 0.29) is 23.7 Å². The molecule has 164 valence electrons. The highest BCUT2D eigenvalue weighted by Crippen LogP contribution is 2.40. The average molecular weight is 424 g/mol. The summed E-state index contributed by atoms with van der Waals surface area (Å²) in [6, 6.07) is 15.1. The number of hydrogen-bond acceptors (Lipinski definition) is 5. The van der Waals surface area contributed by atoms with Crippen molar-refractivity contribution in [2.75, 3.05) is 27.3 Å². The number of ether oxygens (including phenoxy) is 3. The Morgan fingerprint density at radius 3 is 2.35 bits per heavy atom. The molecule has 0 aromatic heterocycles. The molecule has 1 saturated carbocycles. The van der Waals surface area contributed by atoms with Crippen LogP contribution in [0, 0.1) is 5.92 Å². The smallest absolute Gasteiger partial charge is 0.409 e. The Kier molecular flexibility index (Phi) is 6.44. The molecule has 1 saturated heterocycles. The number of rotatable bonds is 6. The fourth-order valence-corrected chi connectivity index (χ4v) is 4.70. The standard InChI is InChI=1S/C25H29NO5/c1-29-22-13-12-18(14-23(22)31-19-10-6-7-11-19)20-15-26(25(28)30-2)16-21(20)24(27)17-8-4-3-5-9-17/h3-5,8-9,12-14,19-21H,6-7,10-11,15-16H2,1-2H3/t20-,21+/m0/s1. The molecule has 6 nitrogen and oxygen atoms in total. The minimum Gasteiger partial charge on any atom is -0.493 e. The number of carbonyl (C=O) groups excluding carboxylic acids is 2. The van der Waals surface area contributed by atoms with Gasteiger partial charge in [0.2, 0.25) is 0 Å². The fourth-order valence-electron chi connectivity index (χ4n) is 4.70. The van der Waals surface area contributed by atoms with Gasteiger partial charge in [0.25, 0.3) is 0 Å². The Balaban J connectivity index is 1.65. The van der Waals surface area contributed by atoms with Gasteiger partial charge in [-0.15, -0.1) is 0 Å². The van der Waals surface area contributed by atoms with Crippen molar-refractivity contribution < 1.29 is 23.8 Å². The molecule has 6 heteroatoms. The van der Waals surface area contributed by atoms with E-state index in [0.717, 1.165) is 18.4 Å². The number of benzene rings is 2. The predicted molar refractivity (Wildman–Crippen MR) is 117 cm³/mol. The Hall–Kier alpha value is -3.02. The first-order valence-corrected chi connectivity index (χ1v) is 10.9. The minimum atomic E-state index is -0.413. The van der Waals surface area contributed by atoms with Crippen LogP contribution in [0.4, 0.5) is 4.79 Å². The highest BCUT2D eigenvalue weighted by atomic mass is 16.5. The second-order valence-electron chi connectivity index (χ2n) is 8.25. The summed E-state index contributed by atoms with van der Waals surface area (Å²) in [4.78, 5) is 27.2. The molecule has 0 spiro atoms. The van der Waals surface area contributed by atoms with E-state index in [2.05, 4.69) is 0 Å². The van der Waals surface area contributed by atoms with Gasteiger partial charge in [-0.25, -0.2) is 4.79 Å². The molecule has 31 heavy (non-hydrogen) atoms.